The quantitative estimate of drug-likeness (QED) is 0.600. The third-order valence-corrected chi connectivity index (χ3v) is 2.44. The molecular formula is C9H12OSi. The zero-order valence-electron chi connectivity index (χ0n) is 7.14. The topological polar surface area (TPSA) is 9.23 Å². The SMILES string of the molecule is COc1cc(C)cc([Si]C)c1. The van der Waals surface area contributed by atoms with Crippen molar-refractivity contribution >= 4 is 14.7 Å². The Morgan fingerprint density at radius 2 is 2.00 bits per heavy atom. The van der Waals surface area contributed by atoms with Gasteiger partial charge in [0.2, 0.25) is 0 Å². The van der Waals surface area contributed by atoms with Crippen molar-refractivity contribution in [3.8, 4) is 5.75 Å². The van der Waals surface area contributed by atoms with Gasteiger partial charge < -0.3 is 4.74 Å². The molecule has 2 radical (unpaired) electrons. The van der Waals surface area contributed by atoms with Crippen molar-refractivity contribution in [3.05, 3.63) is 23.8 Å². The van der Waals surface area contributed by atoms with E-state index >= 15 is 0 Å². The standard InChI is InChI=1S/C9H12OSi/c1-7-4-8(10-2)6-9(5-7)11-3/h4-6H,1-3H3. The average Bonchev–Trinajstić information content (AvgIpc) is 2.03. The lowest BCUT2D eigenvalue weighted by molar-refractivity contribution is 0.415. The van der Waals surface area contributed by atoms with Gasteiger partial charge in [-0.1, -0.05) is 17.8 Å². The molecule has 2 heteroatoms. The van der Waals surface area contributed by atoms with Crippen LogP contribution in [-0.2, 0) is 0 Å². The highest BCUT2D eigenvalue weighted by Gasteiger charge is 1.95. The minimum Gasteiger partial charge on any atom is -0.497 e. The fourth-order valence-electron chi connectivity index (χ4n) is 1.01. The summed E-state index contributed by atoms with van der Waals surface area (Å²) in [7, 11) is 2.55. The van der Waals surface area contributed by atoms with Crippen LogP contribution in [0, 0.1) is 6.92 Å². The largest absolute Gasteiger partial charge is 0.497 e. The van der Waals surface area contributed by atoms with E-state index in [4.69, 9.17) is 4.74 Å². The van der Waals surface area contributed by atoms with Crippen LogP contribution in [0.15, 0.2) is 18.2 Å². The Kier molecular flexibility index (Phi) is 2.71. The van der Waals surface area contributed by atoms with E-state index in [1.165, 1.54) is 10.8 Å². The van der Waals surface area contributed by atoms with Gasteiger partial charge in [0.05, 0.1) is 16.6 Å². The second-order valence-electron chi connectivity index (χ2n) is 2.49. The number of benzene rings is 1. The molecule has 0 aliphatic rings. The van der Waals surface area contributed by atoms with Crippen LogP contribution in [0.4, 0.5) is 0 Å². The Morgan fingerprint density at radius 1 is 1.27 bits per heavy atom. The number of hydrogen-bond donors (Lipinski definition) is 0. The highest BCUT2D eigenvalue weighted by atomic mass is 28.2. The minimum absolute atomic E-state index is 0.846. The lowest BCUT2D eigenvalue weighted by Crippen LogP contribution is -2.10. The summed E-state index contributed by atoms with van der Waals surface area (Å²) in [6.07, 6.45) is 0. The highest BCUT2D eigenvalue weighted by molar-refractivity contribution is 6.52. The predicted molar refractivity (Wildman–Crippen MR) is 49.0 cm³/mol. The molecule has 0 N–H and O–H groups in total. The molecule has 0 atom stereocenters. The molecule has 0 spiro atoms. The summed E-state index contributed by atoms with van der Waals surface area (Å²) in [5.41, 5.74) is 1.27. The van der Waals surface area contributed by atoms with E-state index in [1.54, 1.807) is 7.11 Å². The summed E-state index contributed by atoms with van der Waals surface area (Å²) >= 11 is 0. The van der Waals surface area contributed by atoms with Gasteiger partial charge in [-0.25, -0.2) is 0 Å². The fraction of sp³-hybridized carbons (Fsp3) is 0.333. The summed E-state index contributed by atoms with van der Waals surface area (Å²) in [4.78, 5) is 0. The van der Waals surface area contributed by atoms with Crippen LogP contribution < -0.4 is 9.92 Å². The fourth-order valence-corrected chi connectivity index (χ4v) is 1.67. The zero-order chi connectivity index (χ0) is 8.27. The molecule has 58 valence electrons. The summed E-state index contributed by atoms with van der Waals surface area (Å²) < 4.78 is 5.14. The molecular weight excluding hydrogens is 152 g/mol. The number of rotatable bonds is 2. The number of methoxy groups -OCH3 is 1. The van der Waals surface area contributed by atoms with Crippen molar-refractivity contribution < 1.29 is 4.74 Å². The van der Waals surface area contributed by atoms with Crippen LogP contribution in [0.3, 0.4) is 0 Å². The van der Waals surface area contributed by atoms with Crippen molar-refractivity contribution in [3.63, 3.8) is 0 Å². The van der Waals surface area contributed by atoms with Crippen LogP contribution in [0.1, 0.15) is 5.56 Å². The summed E-state index contributed by atoms with van der Waals surface area (Å²) in [6.45, 7) is 4.26. The minimum atomic E-state index is 0.846. The summed E-state index contributed by atoms with van der Waals surface area (Å²) in [5.74, 6) is 0.967. The Bertz CT molecular complexity index is 223. The van der Waals surface area contributed by atoms with Crippen LogP contribution >= 0.6 is 0 Å². The summed E-state index contributed by atoms with van der Waals surface area (Å²) in [6, 6.07) is 6.33. The second kappa shape index (κ2) is 3.58. The Balaban J connectivity index is 3.02. The van der Waals surface area contributed by atoms with Gasteiger partial charge in [-0.15, -0.1) is 0 Å². The molecule has 0 unspecified atom stereocenters. The molecule has 0 aliphatic heterocycles. The Labute approximate surface area is 70.2 Å². The maximum Gasteiger partial charge on any atom is 0.118 e. The van der Waals surface area contributed by atoms with Gasteiger partial charge >= 0.3 is 0 Å². The van der Waals surface area contributed by atoms with Gasteiger partial charge in [0.15, 0.2) is 0 Å². The van der Waals surface area contributed by atoms with Crippen molar-refractivity contribution in [2.75, 3.05) is 7.11 Å². The van der Waals surface area contributed by atoms with Crippen LogP contribution in [0.2, 0.25) is 6.55 Å². The smallest absolute Gasteiger partial charge is 0.118 e. The molecule has 1 rings (SSSR count). The monoisotopic (exact) mass is 164 g/mol. The molecule has 1 aromatic rings. The first-order valence-electron chi connectivity index (χ1n) is 3.59. The van der Waals surface area contributed by atoms with Crippen LogP contribution in [0.5, 0.6) is 5.75 Å². The molecule has 1 nitrogen and oxygen atoms in total. The van der Waals surface area contributed by atoms with Gasteiger partial charge in [-0.2, -0.15) is 0 Å². The number of hydrogen-bond acceptors (Lipinski definition) is 1. The Hall–Kier alpha value is -0.763. The third kappa shape index (κ3) is 2.08. The number of aryl methyl sites for hydroxylation is 1. The normalized spacial score (nSPS) is 9.73. The van der Waals surface area contributed by atoms with E-state index in [-0.39, 0.29) is 0 Å². The average molecular weight is 164 g/mol. The maximum absolute atomic E-state index is 5.14. The van der Waals surface area contributed by atoms with E-state index in [9.17, 15) is 0 Å². The molecule has 0 fully saturated rings. The molecule has 0 saturated heterocycles. The van der Waals surface area contributed by atoms with Gasteiger partial charge in [-0.05, 0) is 24.6 Å². The molecule has 0 aliphatic carbocycles. The highest BCUT2D eigenvalue weighted by Crippen LogP contribution is 2.09. The predicted octanol–water partition coefficient (Wildman–Crippen LogP) is 1.38. The molecule has 1 aromatic carbocycles. The summed E-state index contributed by atoms with van der Waals surface area (Å²) in [5, 5.41) is 1.36. The second-order valence-corrected chi connectivity index (χ2v) is 3.57. The van der Waals surface area contributed by atoms with Gasteiger partial charge in [0.1, 0.15) is 5.75 Å². The first kappa shape index (κ1) is 8.33. The van der Waals surface area contributed by atoms with E-state index in [0.29, 0.717) is 0 Å². The van der Waals surface area contributed by atoms with E-state index in [0.717, 1.165) is 15.3 Å². The van der Waals surface area contributed by atoms with E-state index < -0.39 is 0 Å². The molecule has 0 bridgehead atoms. The lowest BCUT2D eigenvalue weighted by Gasteiger charge is -2.03. The number of ether oxygens (including phenoxy) is 1. The van der Waals surface area contributed by atoms with Gasteiger partial charge in [0, 0.05) is 0 Å². The zero-order valence-corrected chi connectivity index (χ0v) is 8.14. The first-order valence-corrected chi connectivity index (χ1v) is 5.09. The molecule has 0 amide bonds. The van der Waals surface area contributed by atoms with Crippen molar-refractivity contribution in [2.45, 2.75) is 13.5 Å². The molecule has 0 saturated carbocycles. The maximum atomic E-state index is 5.14. The van der Waals surface area contributed by atoms with Crippen molar-refractivity contribution in [1.29, 1.82) is 0 Å². The van der Waals surface area contributed by atoms with Crippen LogP contribution in [-0.4, -0.2) is 16.6 Å². The molecule has 11 heavy (non-hydrogen) atoms. The van der Waals surface area contributed by atoms with Crippen molar-refractivity contribution in [1.82, 2.24) is 0 Å². The first-order chi connectivity index (χ1) is 5.26. The van der Waals surface area contributed by atoms with E-state index in [1.807, 2.05) is 6.07 Å². The van der Waals surface area contributed by atoms with Gasteiger partial charge in [0.25, 0.3) is 0 Å². The molecule has 0 heterocycles. The van der Waals surface area contributed by atoms with Crippen LogP contribution in [0.25, 0.3) is 0 Å². The molecule has 0 aromatic heterocycles. The van der Waals surface area contributed by atoms with E-state index in [2.05, 4.69) is 25.6 Å². The van der Waals surface area contributed by atoms with Crippen molar-refractivity contribution in [2.24, 2.45) is 0 Å². The third-order valence-electron chi connectivity index (χ3n) is 1.58. The van der Waals surface area contributed by atoms with Gasteiger partial charge in [-0.3, -0.25) is 0 Å². The lowest BCUT2D eigenvalue weighted by atomic mass is 10.2. The Morgan fingerprint density at radius 3 is 2.55 bits per heavy atom.